The molecule has 2 N–H and O–H groups in total. The van der Waals surface area contributed by atoms with Crippen LogP contribution < -0.4 is 5.73 Å². The first-order chi connectivity index (χ1) is 14.5. The first-order valence-corrected chi connectivity index (χ1v) is 10.3. The number of benzene rings is 2. The molecule has 30 heavy (non-hydrogen) atoms. The van der Waals surface area contributed by atoms with Crippen molar-refractivity contribution in [3.63, 3.8) is 0 Å². The molecule has 2 heterocycles. The van der Waals surface area contributed by atoms with E-state index in [4.69, 9.17) is 10.7 Å². The number of carbonyl (C=O) groups excluding carboxylic acids is 1. The monoisotopic (exact) mass is 400 g/mol. The number of hydrogen-bond acceptors (Lipinski definition) is 3. The molecule has 0 spiro atoms. The SMILES string of the molecule is C[C@H]1N=C(c2ccccc2F)c2cc(C34CC(C3)C4)ccc2-n2cnc(C(N)=O)c21. The molecule has 3 aliphatic carbocycles. The molecular weight excluding hydrogens is 379 g/mol. The molecule has 3 fully saturated rings. The number of fused-ring (bicyclic) bond motifs is 3. The number of primary amides is 1. The number of amides is 1. The summed E-state index contributed by atoms with van der Waals surface area (Å²) < 4.78 is 16.7. The summed E-state index contributed by atoms with van der Waals surface area (Å²) >= 11 is 0. The predicted molar refractivity (Wildman–Crippen MR) is 112 cm³/mol. The van der Waals surface area contributed by atoms with E-state index in [0.717, 1.165) is 17.2 Å². The number of imidazole rings is 1. The molecule has 7 rings (SSSR count). The van der Waals surface area contributed by atoms with E-state index >= 15 is 0 Å². The van der Waals surface area contributed by atoms with Gasteiger partial charge in [-0.3, -0.25) is 14.4 Å². The molecule has 150 valence electrons. The summed E-state index contributed by atoms with van der Waals surface area (Å²) in [5, 5.41) is 0. The summed E-state index contributed by atoms with van der Waals surface area (Å²) in [5.41, 5.74) is 10.7. The molecule has 1 aliphatic heterocycles. The molecule has 0 unspecified atom stereocenters. The van der Waals surface area contributed by atoms with Gasteiger partial charge in [0.15, 0.2) is 5.69 Å². The van der Waals surface area contributed by atoms with Crippen molar-refractivity contribution in [1.29, 1.82) is 0 Å². The van der Waals surface area contributed by atoms with Gasteiger partial charge < -0.3 is 5.73 Å². The Hall–Kier alpha value is -3.28. The molecule has 3 aromatic rings. The largest absolute Gasteiger partial charge is 0.364 e. The second-order valence-electron chi connectivity index (χ2n) is 8.84. The van der Waals surface area contributed by atoms with Crippen LogP contribution in [0.4, 0.5) is 4.39 Å². The van der Waals surface area contributed by atoms with E-state index in [-0.39, 0.29) is 16.9 Å². The van der Waals surface area contributed by atoms with Crippen LogP contribution in [0.5, 0.6) is 0 Å². The molecule has 1 aromatic heterocycles. The van der Waals surface area contributed by atoms with Crippen molar-refractivity contribution < 1.29 is 9.18 Å². The highest BCUT2D eigenvalue weighted by Gasteiger charge is 2.57. The first-order valence-electron chi connectivity index (χ1n) is 10.3. The Morgan fingerprint density at radius 2 is 1.93 bits per heavy atom. The second kappa shape index (κ2) is 5.88. The van der Waals surface area contributed by atoms with Crippen LogP contribution in [0.25, 0.3) is 5.69 Å². The summed E-state index contributed by atoms with van der Waals surface area (Å²) in [6, 6.07) is 12.7. The molecular formula is C24H21FN4O. The third kappa shape index (κ3) is 2.24. The Labute approximate surface area is 173 Å². The van der Waals surface area contributed by atoms with Crippen LogP contribution in [0.3, 0.4) is 0 Å². The van der Waals surface area contributed by atoms with E-state index in [0.29, 0.717) is 17.0 Å². The maximum atomic E-state index is 14.8. The third-order valence-electron chi connectivity index (χ3n) is 7.05. The molecule has 4 aliphatic rings. The maximum absolute atomic E-state index is 14.8. The third-order valence-corrected chi connectivity index (χ3v) is 7.05. The van der Waals surface area contributed by atoms with Gasteiger partial charge in [0.1, 0.15) is 12.1 Å². The molecule has 2 bridgehead atoms. The normalized spacial score (nSPS) is 25.9. The van der Waals surface area contributed by atoms with Crippen LogP contribution >= 0.6 is 0 Å². The van der Waals surface area contributed by atoms with Gasteiger partial charge in [-0.05, 0) is 67.3 Å². The van der Waals surface area contributed by atoms with Gasteiger partial charge in [0, 0.05) is 11.1 Å². The summed E-state index contributed by atoms with van der Waals surface area (Å²) in [4.78, 5) is 21.1. The van der Waals surface area contributed by atoms with Crippen LogP contribution in [-0.4, -0.2) is 21.2 Å². The van der Waals surface area contributed by atoms with Crippen molar-refractivity contribution in [1.82, 2.24) is 9.55 Å². The van der Waals surface area contributed by atoms with Crippen LogP contribution in [0.15, 0.2) is 53.8 Å². The molecule has 3 saturated carbocycles. The van der Waals surface area contributed by atoms with Crippen LogP contribution in [0, 0.1) is 11.7 Å². The van der Waals surface area contributed by atoms with Gasteiger partial charge in [-0.15, -0.1) is 0 Å². The Morgan fingerprint density at radius 3 is 2.60 bits per heavy atom. The Kier molecular flexibility index (Phi) is 3.44. The smallest absolute Gasteiger partial charge is 0.269 e. The molecule has 5 nitrogen and oxygen atoms in total. The highest BCUT2D eigenvalue weighted by Crippen LogP contribution is 2.65. The summed E-state index contributed by atoms with van der Waals surface area (Å²) in [6.07, 6.45) is 5.31. The van der Waals surface area contributed by atoms with E-state index in [1.165, 1.54) is 30.9 Å². The number of aliphatic imine (C=N–C) groups is 1. The fourth-order valence-electron chi connectivity index (χ4n) is 5.43. The fraction of sp³-hybridized carbons (Fsp3) is 0.292. The van der Waals surface area contributed by atoms with Gasteiger partial charge in [-0.25, -0.2) is 9.37 Å². The van der Waals surface area contributed by atoms with Crippen molar-refractivity contribution in [2.75, 3.05) is 0 Å². The van der Waals surface area contributed by atoms with Crippen LogP contribution in [0.1, 0.15) is 65.1 Å². The lowest BCUT2D eigenvalue weighted by atomic mass is 9.42. The molecule has 2 aromatic carbocycles. The molecule has 0 radical (unpaired) electrons. The average molecular weight is 400 g/mol. The topological polar surface area (TPSA) is 73.3 Å². The number of aromatic nitrogens is 2. The Bertz CT molecular complexity index is 1240. The average Bonchev–Trinajstić information content (AvgIpc) is 3.05. The highest BCUT2D eigenvalue weighted by molar-refractivity contribution is 6.15. The zero-order chi connectivity index (χ0) is 20.6. The Morgan fingerprint density at radius 1 is 1.17 bits per heavy atom. The van der Waals surface area contributed by atoms with Gasteiger partial charge in [-0.2, -0.15) is 0 Å². The van der Waals surface area contributed by atoms with Gasteiger partial charge in [0.25, 0.3) is 5.91 Å². The fourth-order valence-corrected chi connectivity index (χ4v) is 5.43. The lowest BCUT2D eigenvalue weighted by Crippen LogP contribution is -2.55. The number of halogens is 1. The Balaban J connectivity index is 1.63. The van der Waals surface area contributed by atoms with Crippen molar-refractivity contribution in [2.45, 2.75) is 37.6 Å². The van der Waals surface area contributed by atoms with E-state index in [2.05, 4.69) is 23.2 Å². The van der Waals surface area contributed by atoms with Crippen LogP contribution in [-0.2, 0) is 5.41 Å². The summed E-state index contributed by atoms with van der Waals surface area (Å²) in [5.74, 6) is -0.0424. The lowest BCUT2D eigenvalue weighted by Gasteiger charge is -2.62. The van der Waals surface area contributed by atoms with Crippen molar-refractivity contribution in [3.8, 4) is 5.69 Å². The predicted octanol–water partition coefficient (Wildman–Crippen LogP) is 4.07. The summed E-state index contributed by atoms with van der Waals surface area (Å²) in [6.45, 7) is 1.88. The lowest BCUT2D eigenvalue weighted by molar-refractivity contribution is -0.0274. The van der Waals surface area contributed by atoms with Crippen LogP contribution in [0.2, 0.25) is 0 Å². The zero-order valence-electron chi connectivity index (χ0n) is 16.6. The molecule has 1 amide bonds. The minimum atomic E-state index is -0.591. The summed E-state index contributed by atoms with van der Waals surface area (Å²) in [7, 11) is 0. The van der Waals surface area contributed by atoms with E-state index in [9.17, 15) is 9.18 Å². The zero-order valence-corrected chi connectivity index (χ0v) is 16.6. The van der Waals surface area contributed by atoms with E-state index < -0.39 is 11.9 Å². The van der Waals surface area contributed by atoms with Gasteiger partial charge in [0.05, 0.1) is 23.1 Å². The highest BCUT2D eigenvalue weighted by atomic mass is 19.1. The standard InChI is InChI=1S/C24H21FN4O/c1-13-22-21(23(26)30)27-12-29(22)19-7-6-15(24-9-14(10-24)11-24)8-17(19)20(28-13)16-4-2-3-5-18(16)25/h2-8,12-14H,9-11H2,1H3,(H2,26,30)/t13-,14?,24?/m1/s1. The first kappa shape index (κ1) is 17.6. The minimum Gasteiger partial charge on any atom is -0.364 e. The molecule has 0 saturated heterocycles. The van der Waals surface area contributed by atoms with Gasteiger partial charge in [-0.1, -0.05) is 18.2 Å². The number of nitrogens with zero attached hydrogens (tertiary/aromatic N) is 3. The van der Waals surface area contributed by atoms with Crippen molar-refractivity contribution >= 4 is 11.6 Å². The molecule has 6 heteroatoms. The quantitative estimate of drug-likeness (QED) is 0.720. The minimum absolute atomic E-state index is 0.204. The van der Waals surface area contributed by atoms with Crippen molar-refractivity contribution in [2.24, 2.45) is 16.6 Å². The van der Waals surface area contributed by atoms with Crippen molar-refractivity contribution in [3.05, 3.63) is 82.7 Å². The number of carbonyl (C=O) groups is 1. The number of rotatable bonds is 3. The van der Waals surface area contributed by atoms with E-state index in [1.54, 1.807) is 18.5 Å². The number of nitrogens with two attached hydrogens (primary N) is 1. The maximum Gasteiger partial charge on any atom is 0.269 e. The second-order valence-corrected chi connectivity index (χ2v) is 8.84. The molecule has 1 atom stereocenters. The number of hydrogen-bond donors (Lipinski definition) is 1. The van der Waals surface area contributed by atoms with Gasteiger partial charge in [0.2, 0.25) is 0 Å². The van der Waals surface area contributed by atoms with E-state index in [1.807, 2.05) is 17.6 Å². The van der Waals surface area contributed by atoms with Gasteiger partial charge >= 0.3 is 0 Å².